The fourth-order valence-electron chi connectivity index (χ4n) is 0.874. The summed E-state index contributed by atoms with van der Waals surface area (Å²) in [6.45, 7) is 7.14. The maximum absolute atomic E-state index is 10.9. The Morgan fingerprint density at radius 2 is 2.15 bits per heavy atom. The molecule has 0 unspecified atom stereocenters. The van der Waals surface area contributed by atoms with Crippen LogP contribution in [-0.4, -0.2) is 19.1 Å². The zero-order valence-corrected chi connectivity index (χ0v) is 8.72. The monoisotopic (exact) mass is 185 g/mol. The first-order valence-corrected chi connectivity index (χ1v) is 4.79. The molecule has 0 radical (unpaired) electrons. The third-order valence-electron chi connectivity index (χ3n) is 1.56. The van der Waals surface area contributed by atoms with E-state index in [0.717, 1.165) is 25.1 Å². The van der Waals surface area contributed by atoms with Gasteiger partial charge in [-0.1, -0.05) is 13.3 Å². The molecule has 0 rings (SSSR count). The van der Waals surface area contributed by atoms with Gasteiger partial charge < -0.3 is 10.1 Å². The van der Waals surface area contributed by atoms with Crippen LogP contribution >= 0.6 is 0 Å². The van der Waals surface area contributed by atoms with Gasteiger partial charge in [0, 0.05) is 18.3 Å². The molecule has 3 nitrogen and oxygen atoms in total. The second-order valence-electron chi connectivity index (χ2n) is 2.86. The molecule has 0 heterocycles. The quantitative estimate of drug-likeness (QED) is 0.390. The number of carbonyl (C=O) groups is 1. The highest BCUT2D eigenvalue weighted by molar-refractivity contribution is 5.82. The number of esters is 1. The van der Waals surface area contributed by atoms with Gasteiger partial charge in [-0.25, -0.2) is 4.79 Å². The van der Waals surface area contributed by atoms with Crippen LogP contribution in [0, 0.1) is 0 Å². The fourth-order valence-corrected chi connectivity index (χ4v) is 0.874. The molecule has 0 aromatic heterocycles. The minimum Gasteiger partial charge on any atom is -0.463 e. The van der Waals surface area contributed by atoms with Gasteiger partial charge in [-0.15, -0.1) is 0 Å². The van der Waals surface area contributed by atoms with E-state index in [0.29, 0.717) is 6.61 Å². The molecule has 0 saturated carbocycles. The zero-order valence-electron chi connectivity index (χ0n) is 8.72. The van der Waals surface area contributed by atoms with Crippen molar-refractivity contribution in [2.75, 3.05) is 13.2 Å². The average molecular weight is 185 g/mol. The van der Waals surface area contributed by atoms with E-state index in [2.05, 4.69) is 12.2 Å². The first-order chi connectivity index (χ1) is 6.20. The van der Waals surface area contributed by atoms with Crippen LogP contribution in [0.3, 0.4) is 0 Å². The summed E-state index contributed by atoms with van der Waals surface area (Å²) in [6, 6.07) is 0. The highest BCUT2D eigenvalue weighted by Crippen LogP contribution is 1.91. The summed E-state index contributed by atoms with van der Waals surface area (Å²) in [5.41, 5.74) is 0.868. The van der Waals surface area contributed by atoms with Crippen LogP contribution in [0.4, 0.5) is 0 Å². The summed E-state index contributed by atoms with van der Waals surface area (Å²) >= 11 is 0. The molecule has 0 bridgehead atoms. The Morgan fingerprint density at radius 1 is 1.46 bits per heavy atom. The zero-order chi connectivity index (χ0) is 10.1. The van der Waals surface area contributed by atoms with E-state index in [-0.39, 0.29) is 5.97 Å². The summed E-state index contributed by atoms with van der Waals surface area (Å²) in [5, 5.41) is 3.13. The minimum absolute atomic E-state index is 0.274. The predicted octanol–water partition coefficient (Wildman–Crippen LogP) is 1.84. The number of ether oxygens (including phenoxy) is 1. The van der Waals surface area contributed by atoms with Gasteiger partial charge in [0.15, 0.2) is 0 Å². The Morgan fingerprint density at radius 3 is 2.69 bits per heavy atom. The lowest BCUT2D eigenvalue weighted by molar-refractivity contribution is -0.137. The predicted molar refractivity (Wildman–Crippen MR) is 53.3 cm³/mol. The van der Waals surface area contributed by atoms with Crippen LogP contribution in [-0.2, 0) is 9.53 Å². The molecule has 0 fully saturated rings. The third-order valence-corrected chi connectivity index (χ3v) is 1.56. The molecule has 1 N–H and O–H groups in total. The van der Waals surface area contributed by atoms with E-state index < -0.39 is 0 Å². The van der Waals surface area contributed by atoms with Crippen molar-refractivity contribution in [1.29, 1.82) is 0 Å². The van der Waals surface area contributed by atoms with Gasteiger partial charge in [0.25, 0.3) is 0 Å². The molecular weight excluding hydrogens is 166 g/mol. The first-order valence-electron chi connectivity index (χ1n) is 4.79. The molecule has 0 aliphatic rings. The average Bonchev–Trinajstić information content (AvgIpc) is 2.05. The summed E-state index contributed by atoms with van der Waals surface area (Å²) in [7, 11) is 0. The molecular formula is C10H19NO2. The number of allylic oxidation sites excluding steroid dienone is 1. The van der Waals surface area contributed by atoms with Crippen molar-refractivity contribution in [3.05, 3.63) is 11.8 Å². The lowest BCUT2D eigenvalue weighted by Crippen LogP contribution is -2.14. The van der Waals surface area contributed by atoms with E-state index in [1.165, 1.54) is 6.08 Å². The number of hydrogen-bond acceptors (Lipinski definition) is 3. The molecule has 76 valence electrons. The van der Waals surface area contributed by atoms with Crippen LogP contribution in [0.15, 0.2) is 11.8 Å². The van der Waals surface area contributed by atoms with Crippen molar-refractivity contribution in [2.45, 2.75) is 33.6 Å². The van der Waals surface area contributed by atoms with E-state index >= 15 is 0 Å². The van der Waals surface area contributed by atoms with Gasteiger partial charge in [0.05, 0.1) is 6.61 Å². The molecule has 3 heteroatoms. The lowest BCUT2D eigenvalue weighted by atomic mass is 10.3. The van der Waals surface area contributed by atoms with Crippen LogP contribution in [0.2, 0.25) is 0 Å². The van der Waals surface area contributed by atoms with Gasteiger partial charge in [0.2, 0.25) is 0 Å². The van der Waals surface area contributed by atoms with Crippen molar-refractivity contribution in [1.82, 2.24) is 5.32 Å². The Hall–Kier alpha value is -0.990. The molecule has 0 aromatic carbocycles. The van der Waals surface area contributed by atoms with Crippen molar-refractivity contribution in [3.63, 3.8) is 0 Å². The van der Waals surface area contributed by atoms with E-state index in [1.54, 1.807) is 6.92 Å². The maximum atomic E-state index is 10.9. The highest BCUT2D eigenvalue weighted by Gasteiger charge is 1.96. The number of hydrogen-bond donors (Lipinski definition) is 1. The van der Waals surface area contributed by atoms with Crippen LogP contribution in [0.5, 0.6) is 0 Å². The molecule has 0 amide bonds. The van der Waals surface area contributed by atoms with Gasteiger partial charge in [-0.2, -0.15) is 0 Å². The molecule has 0 aromatic rings. The van der Waals surface area contributed by atoms with E-state index in [1.807, 2.05) is 6.92 Å². The summed E-state index contributed by atoms with van der Waals surface area (Å²) < 4.78 is 4.76. The van der Waals surface area contributed by atoms with Crippen molar-refractivity contribution in [3.8, 4) is 0 Å². The second-order valence-corrected chi connectivity index (χ2v) is 2.86. The third kappa shape index (κ3) is 7.37. The first kappa shape index (κ1) is 12.0. The normalized spacial score (nSPS) is 11.2. The van der Waals surface area contributed by atoms with Gasteiger partial charge in [0.1, 0.15) is 0 Å². The van der Waals surface area contributed by atoms with Crippen LogP contribution in [0.1, 0.15) is 33.6 Å². The van der Waals surface area contributed by atoms with Gasteiger partial charge >= 0.3 is 5.97 Å². The smallest absolute Gasteiger partial charge is 0.332 e. The largest absolute Gasteiger partial charge is 0.463 e. The van der Waals surface area contributed by atoms with Crippen molar-refractivity contribution >= 4 is 5.97 Å². The number of carbonyl (C=O) groups excluding carboxylic acids is 1. The van der Waals surface area contributed by atoms with Crippen molar-refractivity contribution in [2.24, 2.45) is 0 Å². The number of rotatable bonds is 6. The summed E-state index contributed by atoms with van der Waals surface area (Å²) in [6.07, 6.45) is 3.76. The Kier molecular flexibility index (Phi) is 7.07. The van der Waals surface area contributed by atoms with E-state index in [9.17, 15) is 4.79 Å². The minimum atomic E-state index is -0.274. The topological polar surface area (TPSA) is 38.3 Å². The van der Waals surface area contributed by atoms with Crippen LogP contribution in [0.25, 0.3) is 0 Å². The molecule has 0 atom stereocenters. The second kappa shape index (κ2) is 7.65. The molecule has 0 aliphatic carbocycles. The molecule has 0 saturated heterocycles. The summed E-state index contributed by atoms with van der Waals surface area (Å²) in [5.74, 6) is -0.274. The van der Waals surface area contributed by atoms with Gasteiger partial charge in [-0.3, -0.25) is 0 Å². The molecule has 0 spiro atoms. The number of nitrogens with one attached hydrogen (secondary N) is 1. The Labute approximate surface area is 80.2 Å². The Bertz CT molecular complexity index is 176. The molecule has 0 aliphatic heterocycles. The molecule has 13 heavy (non-hydrogen) atoms. The standard InChI is InChI=1S/C10H19NO2/c1-4-6-7-11-9(3)8-10(12)13-5-2/h8,11H,4-7H2,1-3H3/b9-8+. The lowest BCUT2D eigenvalue weighted by Gasteiger charge is -2.04. The highest BCUT2D eigenvalue weighted by atomic mass is 16.5. The van der Waals surface area contributed by atoms with Crippen molar-refractivity contribution < 1.29 is 9.53 Å². The summed E-state index contributed by atoms with van der Waals surface area (Å²) in [4.78, 5) is 10.9. The van der Waals surface area contributed by atoms with E-state index in [4.69, 9.17) is 4.74 Å². The Balaban J connectivity index is 3.67. The SMILES string of the molecule is CCCCN/C(C)=C/C(=O)OCC. The van der Waals surface area contributed by atoms with Gasteiger partial charge in [-0.05, 0) is 20.3 Å². The fraction of sp³-hybridized carbons (Fsp3) is 0.700. The number of unbranched alkanes of at least 4 members (excludes halogenated alkanes) is 1. The van der Waals surface area contributed by atoms with Crippen LogP contribution < -0.4 is 5.32 Å². The maximum Gasteiger partial charge on any atom is 0.332 e.